The van der Waals surface area contributed by atoms with Crippen molar-refractivity contribution in [3.05, 3.63) is 51.1 Å². The van der Waals surface area contributed by atoms with Crippen molar-refractivity contribution in [3.63, 3.8) is 0 Å². The van der Waals surface area contributed by atoms with Crippen LogP contribution in [-0.2, 0) is 12.8 Å². The number of hydrogen-bond acceptors (Lipinski definition) is 3. The minimum atomic E-state index is 0. The van der Waals surface area contributed by atoms with Crippen molar-refractivity contribution >= 4 is 64.4 Å². The SMILES string of the molecule is O=c1c2c3c(sc2[n+]2c(n1-c1ccccc1)SCC(CBr)[Se]2)CCCC3.[Br-]. The molecule has 1 unspecified atom stereocenters. The first-order valence-electron chi connectivity index (χ1n) is 8.84. The molecule has 8 heteroatoms. The first-order chi connectivity index (χ1) is 12.8. The van der Waals surface area contributed by atoms with Gasteiger partial charge in [-0.3, -0.25) is 0 Å². The summed E-state index contributed by atoms with van der Waals surface area (Å²) < 4.78 is 4.46. The van der Waals surface area contributed by atoms with Crippen molar-refractivity contribution in [1.82, 2.24) is 4.57 Å². The Labute approximate surface area is 191 Å². The first-order valence-corrected chi connectivity index (χ1v) is 13.5. The Balaban J connectivity index is 0.00000180. The second kappa shape index (κ2) is 8.33. The van der Waals surface area contributed by atoms with Gasteiger partial charge in [0.05, 0.1) is 0 Å². The van der Waals surface area contributed by atoms with Gasteiger partial charge in [-0.15, -0.1) is 0 Å². The summed E-state index contributed by atoms with van der Waals surface area (Å²) in [4.78, 5) is 17.0. The van der Waals surface area contributed by atoms with E-state index in [0.717, 1.165) is 40.2 Å². The van der Waals surface area contributed by atoms with Crippen LogP contribution >= 0.6 is 39.0 Å². The van der Waals surface area contributed by atoms with E-state index >= 15 is 0 Å². The van der Waals surface area contributed by atoms with Crippen molar-refractivity contribution in [2.24, 2.45) is 0 Å². The van der Waals surface area contributed by atoms with Crippen molar-refractivity contribution in [2.75, 3.05) is 11.1 Å². The molecule has 3 nitrogen and oxygen atoms in total. The van der Waals surface area contributed by atoms with Crippen molar-refractivity contribution in [3.8, 4) is 5.69 Å². The van der Waals surface area contributed by atoms with Crippen LogP contribution in [0.2, 0.25) is 4.82 Å². The first kappa shape index (κ1) is 20.2. The number of para-hydroxylation sites is 1. The number of aryl methyl sites for hydroxylation is 2. The van der Waals surface area contributed by atoms with Gasteiger partial charge in [0.2, 0.25) is 0 Å². The molecule has 0 amide bonds. The number of aromatic nitrogens is 2. The average molecular weight is 593 g/mol. The van der Waals surface area contributed by atoms with Gasteiger partial charge in [0.25, 0.3) is 0 Å². The summed E-state index contributed by atoms with van der Waals surface area (Å²) in [6.45, 7) is 0. The van der Waals surface area contributed by atoms with Gasteiger partial charge in [-0.1, -0.05) is 0 Å². The number of benzene rings is 1. The second-order valence-corrected chi connectivity index (χ2v) is 12.0. The number of rotatable bonds is 2. The Morgan fingerprint density at radius 1 is 1.22 bits per heavy atom. The van der Waals surface area contributed by atoms with E-state index in [1.165, 1.54) is 28.1 Å². The number of alkyl halides is 1. The Kier molecular flexibility index (Phi) is 6.22. The third-order valence-corrected chi connectivity index (χ3v) is 12.7. The van der Waals surface area contributed by atoms with E-state index in [1.54, 1.807) is 0 Å². The van der Waals surface area contributed by atoms with Crippen molar-refractivity contribution < 1.29 is 20.6 Å². The summed E-state index contributed by atoms with van der Waals surface area (Å²) >= 11 is 7.72. The zero-order valence-electron chi connectivity index (χ0n) is 14.5. The molecule has 0 spiro atoms. The van der Waals surface area contributed by atoms with E-state index in [1.807, 2.05) is 45.9 Å². The molecule has 142 valence electrons. The molecule has 1 aliphatic heterocycles. The zero-order valence-corrected chi connectivity index (χ0v) is 21.0. The smallest absolute Gasteiger partial charge is 1.00 e. The standard InChI is InChI=1S/C19H18BrN2OS2Se.BrH/c20-10-13-11-24-19-21(12-6-2-1-3-7-12)17(23)16-14-8-4-5-9-15(14)25-18(16)22(19)26-13;/h1-3,6-7,13H,4-5,8-11H2;1H/q+1;/p-1. The van der Waals surface area contributed by atoms with E-state index in [9.17, 15) is 4.79 Å². The van der Waals surface area contributed by atoms with Gasteiger partial charge < -0.3 is 17.0 Å². The molecule has 0 saturated heterocycles. The maximum atomic E-state index is 13.6. The Hall–Kier alpha value is -0.111. The maximum absolute atomic E-state index is 13.6. The number of thioether (sulfide) groups is 1. The third-order valence-electron chi connectivity index (χ3n) is 4.96. The number of nitrogens with zero attached hydrogens (tertiary/aromatic N) is 2. The number of hydrogen-bond donors (Lipinski definition) is 0. The van der Waals surface area contributed by atoms with Crippen molar-refractivity contribution in [1.29, 1.82) is 0 Å². The molecular weight excluding hydrogens is 575 g/mol. The van der Waals surface area contributed by atoms with Crippen LogP contribution in [0.1, 0.15) is 23.3 Å². The molecule has 1 atom stereocenters. The molecule has 0 N–H and O–H groups in total. The van der Waals surface area contributed by atoms with Crippen LogP contribution in [0.25, 0.3) is 15.9 Å². The van der Waals surface area contributed by atoms with Crippen LogP contribution in [-0.4, -0.2) is 30.8 Å². The Morgan fingerprint density at radius 2 is 2.00 bits per heavy atom. The maximum Gasteiger partial charge on any atom is -1.00 e. The molecule has 1 aliphatic carbocycles. The van der Waals surface area contributed by atoms with E-state index in [4.69, 9.17) is 0 Å². The van der Waals surface area contributed by atoms with Crippen LogP contribution in [0, 0.1) is 0 Å². The summed E-state index contributed by atoms with van der Waals surface area (Å²) in [5, 5.41) is 3.14. The van der Waals surface area contributed by atoms with Gasteiger partial charge in [0.1, 0.15) is 0 Å². The second-order valence-electron chi connectivity index (χ2n) is 6.64. The van der Waals surface area contributed by atoms with Gasteiger partial charge in [-0.2, -0.15) is 0 Å². The number of thiophene rings is 1. The molecule has 1 aromatic carbocycles. The molecule has 0 saturated carbocycles. The fourth-order valence-corrected chi connectivity index (χ4v) is 10.6. The molecule has 2 aliphatic rings. The Bertz CT molecular complexity index is 1050. The van der Waals surface area contributed by atoms with Crippen LogP contribution in [0.15, 0.2) is 40.3 Å². The van der Waals surface area contributed by atoms with Gasteiger partial charge in [0.15, 0.2) is 0 Å². The summed E-state index contributed by atoms with van der Waals surface area (Å²) in [5.41, 5.74) is 2.50. The molecule has 3 heterocycles. The molecule has 5 rings (SSSR count). The van der Waals surface area contributed by atoms with E-state index in [0.29, 0.717) is 20.0 Å². The summed E-state index contributed by atoms with van der Waals surface area (Å²) in [6.07, 6.45) is 4.65. The van der Waals surface area contributed by atoms with Gasteiger partial charge >= 0.3 is 176 Å². The normalized spacial score (nSPS) is 18.6. The Morgan fingerprint density at radius 3 is 2.78 bits per heavy atom. The van der Waals surface area contributed by atoms with Crippen LogP contribution < -0.4 is 26.1 Å². The summed E-state index contributed by atoms with van der Waals surface area (Å²) in [5.74, 6) is 1.08. The largest absolute Gasteiger partial charge is 1.00 e. The van der Waals surface area contributed by atoms with E-state index in [2.05, 4.69) is 31.6 Å². The van der Waals surface area contributed by atoms with Gasteiger partial charge in [0, 0.05) is 0 Å². The van der Waals surface area contributed by atoms with Crippen LogP contribution in [0.5, 0.6) is 0 Å². The molecule has 3 aromatic rings. The monoisotopic (exact) mass is 592 g/mol. The average Bonchev–Trinajstić information content (AvgIpc) is 3.09. The topological polar surface area (TPSA) is 25.9 Å². The van der Waals surface area contributed by atoms with Crippen LogP contribution in [0.3, 0.4) is 0 Å². The summed E-state index contributed by atoms with van der Waals surface area (Å²) in [6, 6.07) is 10.2. The van der Waals surface area contributed by atoms with Gasteiger partial charge in [-0.05, 0) is 0 Å². The predicted molar refractivity (Wildman–Crippen MR) is 114 cm³/mol. The minimum absolute atomic E-state index is 0. The fourth-order valence-electron chi connectivity index (χ4n) is 3.73. The quantitative estimate of drug-likeness (QED) is 0.252. The molecule has 0 radical (unpaired) electrons. The van der Waals surface area contributed by atoms with Crippen LogP contribution in [0.4, 0.5) is 0 Å². The molecule has 0 fully saturated rings. The predicted octanol–water partition coefficient (Wildman–Crippen LogP) is 0.979. The molecular formula is C19H18Br2N2OS2Se. The fraction of sp³-hybridized carbons (Fsp3) is 0.368. The minimum Gasteiger partial charge on any atom is -1.00 e. The van der Waals surface area contributed by atoms with E-state index in [-0.39, 0.29) is 22.5 Å². The van der Waals surface area contributed by atoms with E-state index < -0.39 is 0 Å². The molecule has 2 aromatic heterocycles. The van der Waals surface area contributed by atoms with Crippen molar-refractivity contribution in [2.45, 2.75) is 35.7 Å². The molecule has 27 heavy (non-hydrogen) atoms. The van der Waals surface area contributed by atoms with Gasteiger partial charge in [-0.25, -0.2) is 0 Å². The number of halogens is 2. The summed E-state index contributed by atoms with van der Waals surface area (Å²) in [7, 11) is 0. The zero-order chi connectivity index (χ0) is 17.7. The number of fused-ring (bicyclic) bond motifs is 5. The molecule has 0 bridgehead atoms. The third kappa shape index (κ3) is 3.40.